The van der Waals surface area contributed by atoms with E-state index in [4.69, 9.17) is 9.52 Å². The van der Waals surface area contributed by atoms with Crippen molar-refractivity contribution in [3.05, 3.63) is 39.7 Å². The van der Waals surface area contributed by atoms with E-state index >= 15 is 0 Å². The summed E-state index contributed by atoms with van der Waals surface area (Å²) in [5.41, 5.74) is -0.626. The molecule has 5 heteroatoms. The Morgan fingerprint density at radius 2 is 2.12 bits per heavy atom. The predicted molar refractivity (Wildman–Crippen MR) is 60.5 cm³/mol. The fraction of sp³-hybridized carbons (Fsp3) is 0.167. The third-order valence-electron chi connectivity index (χ3n) is 2.57. The number of fused-ring (bicyclic) bond motifs is 1. The van der Waals surface area contributed by atoms with Gasteiger partial charge in [-0.1, -0.05) is 6.92 Å². The smallest absolute Gasteiger partial charge is 0.351 e. The Labute approximate surface area is 95.9 Å². The summed E-state index contributed by atoms with van der Waals surface area (Å²) < 4.78 is 4.88. The Morgan fingerprint density at radius 3 is 2.71 bits per heavy atom. The van der Waals surface area contributed by atoms with Crippen LogP contribution in [-0.4, -0.2) is 16.2 Å². The lowest BCUT2D eigenvalue weighted by atomic mass is 10.0. The molecule has 0 saturated carbocycles. The van der Waals surface area contributed by atoms with Crippen molar-refractivity contribution in [1.82, 2.24) is 0 Å². The molecule has 0 unspecified atom stereocenters. The van der Waals surface area contributed by atoms with Crippen LogP contribution >= 0.6 is 0 Å². The molecule has 1 aromatic heterocycles. The highest BCUT2D eigenvalue weighted by Gasteiger charge is 2.19. The van der Waals surface area contributed by atoms with Gasteiger partial charge >= 0.3 is 11.6 Å². The first-order chi connectivity index (χ1) is 8.04. The summed E-state index contributed by atoms with van der Waals surface area (Å²) >= 11 is 0. The summed E-state index contributed by atoms with van der Waals surface area (Å²) in [6, 6.07) is 4.26. The third-order valence-corrected chi connectivity index (χ3v) is 2.57. The molecule has 5 nitrogen and oxygen atoms in total. The lowest BCUT2D eigenvalue weighted by Gasteiger charge is -2.06. The number of phenols is 1. The van der Waals surface area contributed by atoms with E-state index in [2.05, 4.69) is 0 Å². The lowest BCUT2D eigenvalue weighted by Crippen LogP contribution is -2.17. The van der Waals surface area contributed by atoms with E-state index in [9.17, 15) is 14.7 Å². The Hall–Kier alpha value is -2.30. The number of carbonyl (C=O) groups is 1. The van der Waals surface area contributed by atoms with Crippen LogP contribution in [0.5, 0.6) is 5.75 Å². The largest absolute Gasteiger partial charge is 0.508 e. The quantitative estimate of drug-likeness (QED) is 0.773. The molecule has 0 aliphatic rings. The molecule has 88 valence electrons. The number of carboxylic acid groups (broad SMARTS) is 1. The average molecular weight is 234 g/mol. The summed E-state index contributed by atoms with van der Waals surface area (Å²) in [4.78, 5) is 22.5. The zero-order valence-corrected chi connectivity index (χ0v) is 9.06. The van der Waals surface area contributed by atoms with Gasteiger partial charge in [-0.15, -0.1) is 0 Å². The van der Waals surface area contributed by atoms with Crippen molar-refractivity contribution in [3.8, 4) is 5.75 Å². The minimum absolute atomic E-state index is 0.0363. The van der Waals surface area contributed by atoms with Gasteiger partial charge in [0.05, 0.1) is 0 Å². The van der Waals surface area contributed by atoms with Crippen LogP contribution in [0.25, 0.3) is 11.0 Å². The maximum Gasteiger partial charge on any atom is 0.351 e. The second-order valence-electron chi connectivity index (χ2n) is 3.58. The molecule has 0 radical (unpaired) electrons. The van der Waals surface area contributed by atoms with Gasteiger partial charge in [0, 0.05) is 11.5 Å². The van der Waals surface area contributed by atoms with Crippen molar-refractivity contribution >= 4 is 16.9 Å². The summed E-state index contributed by atoms with van der Waals surface area (Å²) in [6.45, 7) is 1.76. The number of aryl methyl sites for hydroxylation is 1. The standard InChI is InChI=1S/C12H10O5/c1-2-7-8-4-3-6(13)5-9(8)17-12(16)10(7)11(14)15/h3-5,13H,2H2,1H3,(H,14,15). The highest BCUT2D eigenvalue weighted by molar-refractivity contribution is 5.95. The number of hydrogen-bond donors (Lipinski definition) is 2. The van der Waals surface area contributed by atoms with E-state index in [1.165, 1.54) is 12.1 Å². The number of benzene rings is 1. The average Bonchev–Trinajstić information content (AvgIpc) is 2.26. The van der Waals surface area contributed by atoms with Crippen LogP contribution in [0, 0.1) is 0 Å². The van der Waals surface area contributed by atoms with E-state index in [1.54, 1.807) is 13.0 Å². The first-order valence-corrected chi connectivity index (χ1v) is 5.06. The number of hydrogen-bond acceptors (Lipinski definition) is 4. The molecule has 0 aliphatic heterocycles. The van der Waals surface area contributed by atoms with Gasteiger partial charge in [0.2, 0.25) is 0 Å². The van der Waals surface area contributed by atoms with Gasteiger partial charge < -0.3 is 14.6 Å². The van der Waals surface area contributed by atoms with E-state index < -0.39 is 11.6 Å². The van der Waals surface area contributed by atoms with Gasteiger partial charge in [0.15, 0.2) is 0 Å². The molecular formula is C12H10O5. The van der Waals surface area contributed by atoms with E-state index in [1.807, 2.05) is 0 Å². The second-order valence-corrected chi connectivity index (χ2v) is 3.58. The molecule has 2 rings (SSSR count). The van der Waals surface area contributed by atoms with Gasteiger partial charge in [-0.3, -0.25) is 0 Å². The van der Waals surface area contributed by atoms with Gasteiger partial charge in [-0.05, 0) is 24.1 Å². The minimum atomic E-state index is -1.30. The first kappa shape index (κ1) is 11.2. The molecule has 0 bridgehead atoms. The minimum Gasteiger partial charge on any atom is -0.508 e. The summed E-state index contributed by atoms with van der Waals surface area (Å²) in [5.74, 6) is -1.34. The monoisotopic (exact) mass is 234 g/mol. The fourth-order valence-electron chi connectivity index (χ4n) is 1.84. The van der Waals surface area contributed by atoms with Crippen LogP contribution < -0.4 is 5.63 Å². The van der Waals surface area contributed by atoms with Crippen LogP contribution in [0.1, 0.15) is 22.8 Å². The van der Waals surface area contributed by atoms with Crippen molar-refractivity contribution < 1.29 is 19.4 Å². The van der Waals surface area contributed by atoms with Crippen LogP contribution in [0.15, 0.2) is 27.4 Å². The molecular weight excluding hydrogens is 224 g/mol. The Bertz CT molecular complexity index is 654. The van der Waals surface area contributed by atoms with Crippen molar-refractivity contribution in [1.29, 1.82) is 0 Å². The fourth-order valence-corrected chi connectivity index (χ4v) is 1.84. The topological polar surface area (TPSA) is 87.7 Å². The summed E-state index contributed by atoms with van der Waals surface area (Å²) in [6.07, 6.45) is 0.397. The maximum absolute atomic E-state index is 11.5. The molecule has 17 heavy (non-hydrogen) atoms. The Balaban J connectivity index is 2.95. The highest BCUT2D eigenvalue weighted by Crippen LogP contribution is 2.24. The zero-order chi connectivity index (χ0) is 12.6. The van der Waals surface area contributed by atoms with Gasteiger partial charge in [0.25, 0.3) is 0 Å². The molecule has 1 heterocycles. The van der Waals surface area contributed by atoms with E-state index in [-0.39, 0.29) is 16.9 Å². The Kier molecular flexibility index (Phi) is 2.59. The van der Waals surface area contributed by atoms with E-state index in [0.717, 1.165) is 0 Å². The van der Waals surface area contributed by atoms with Crippen molar-refractivity contribution in [2.75, 3.05) is 0 Å². The van der Waals surface area contributed by atoms with Crippen LogP contribution in [0.4, 0.5) is 0 Å². The van der Waals surface area contributed by atoms with Crippen LogP contribution in [0.2, 0.25) is 0 Å². The molecule has 0 aliphatic carbocycles. The number of rotatable bonds is 2. The van der Waals surface area contributed by atoms with Crippen LogP contribution in [0.3, 0.4) is 0 Å². The maximum atomic E-state index is 11.5. The van der Waals surface area contributed by atoms with Crippen molar-refractivity contribution in [2.24, 2.45) is 0 Å². The van der Waals surface area contributed by atoms with Gasteiger partial charge in [-0.25, -0.2) is 9.59 Å². The predicted octanol–water partition coefficient (Wildman–Crippen LogP) is 1.76. The molecule has 2 N–H and O–H groups in total. The van der Waals surface area contributed by atoms with Crippen molar-refractivity contribution in [3.63, 3.8) is 0 Å². The third kappa shape index (κ3) is 1.75. The van der Waals surface area contributed by atoms with E-state index in [0.29, 0.717) is 17.4 Å². The SMILES string of the molecule is CCc1c(C(=O)O)c(=O)oc2cc(O)ccc12. The highest BCUT2D eigenvalue weighted by atomic mass is 16.4. The van der Waals surface area contributed by atoms with Crippen molar-refractivity contribution in [2.45, 2.75) is 13.3 Å². The molecule has 0 fully saturated rings. The molecule has 0 saturated heterocycles. The normalized spacial score (nSPS) is 10.6. The molecule has 0 spiro atoms. The summed E-state index contributed by atoms with van der Waals surface area (Å²) in [5, 5.41) is 18.8. The molecule has 0 atom stereocenters. The molecule has 1 aromatic carbocycles. The number of carboxylic acids is 1. The Morgan fingerprint density at radius 1 is 1.41 bits per heavy atom. The molecule has 0 amide bonds. The number of aromatic hydroxyl groups is 1. The second kappa shape index (κ2) is 3.93. The first-order valence-electron chi connectivity index (χ1n) is 5.06. The summed E-state index contributed by atoms with van der Waals surface area (Å²) in [7, 11) is 0. The van der Waals surface area contributed by atoms with Crippen LogP contribution in [-0.2, 0) is 6.42 Å². The number of phenolic OH excluding ortho intramolecular Hbond substituents is 1. The van der Waals surface area contributed by atoms with Gasteiger partial charge in [0.1, 0.15) is 16.9 Å². The molecule has 2 aromatic rings. The number of aromatic carboxylic acids is 1. The van der Waals surface area contributed by atoms with Gasteiger partial charge in [-0.2, -0.15) is 0 Å². The lowest BCUT2D eigenvalue weighted by molar-refractivity contribution is 0.0691. The zero-order valence-electron chi connectivity index (χ0n) is 9.06.